The van der Waals surface area contributed by atoms with Gasteiger partial charge < -0.3 is 19.9 Å². The molecule has 4 rings (SSSR count). The molecule has 0 radical (unpaired) electrons. The van der Waals surface area contributed by atoms with Crippen LogP contribution in [-0.4, -0.2) is 35.0 Å². The fraction of sp³-hybridized carbons (Fsp3) is 0.261. The van der Waals surface area contributed by atoms with Crippen LogP contribution in [0.3, 0.4) is 0 Å². The summed E-state index contributed by atoms with van der Waals surface area (Å²) in [7, 11) is 1.37. The Morgan fingerprint density at radius 3 is 2.60 bits per heavy atom. The molecule has 0 aliphatic carbocycles. The number of carbonyl (C=O) groups excluding carboxylic acids is 2. The van der Waals surface area contributed by atoms with Gasteiger partial charge in [-0.15, -0.1) is 0 Å². The lowest BCUT2D eigenvalue weighted by molar-refractivity contribution is -0.117. The maximum absolute atomic E-state index is 12.3. The molecule has 0 saturated heterocycles. The van der Waals surface area contributed by atoms with Crippen molar-refractivity contribution in [3.63, 3.8) is 0 Å². The fourth-order valence-corrected chi connectivity index (χ4v) is 4.08. The number of aromatic nitrogens is 2. The molecule has 2 aromatic carbocycles. The number of methoxy groups -OCH3 is 1. The van der Waals surface area contributed by atoms with Crippen LogP contribution in [0.15, 0.2) is 55.0 Å². The van der Waals surface area contributed by atoms with Crippen molar-refractivity contribution in [1.82, 2.24) is 9.97 Å². The molecule has 1 aliphatic rings. The van der Waals surface area contributed by atoms with Gasteiger partial charge in [0.05, 0.1) is 30.7 Å². The topological polar surface area (TPSA) is 87.3 Å². The largest absolute Gasteiger partial charge is 0.465 e. The number of esters is 1. The minimum absolute atomic E-state index is 0.00784. The monoisotopic (exact) mass is 404 g/mol. The Balaban J connectivity index is 1.70. The summed E-state index contributed by atoms with van der Waals surface area (Å²) < 4.78 is 4.76. The van der Waals surface area contributed by atoms with E-state index in [2.05, 4.69) is 28.3 Å². The van der Waals surface area contributed by atoms with Gasteiger partial charge in [-0.2, -0.15) is 0 Å². The first-order chi connectivity index (χ1) is 14.5. The van der Waals surface area contributed by atoms with Crippen LogP contribution in [0.5, 0.6) is 0 Å². The number of nitrogens with one attached hydrogen (secondary N) is 2. The van der Waals surface area contributed by atoms with Crippen LogP contribution in [0.2, 0.25) is 0 Å². The molecule has 154 valence electrons. The summed E-state index contributed by atoms with van der Waals surface area (Å²) in [6.07, 6.45) is 4.26. The van der Waals surface area contributed by atoms with E-state index in [0.717, 1.165) is 34.6 Å². The number of fused-ring (bicyclic) bond motifs is 1. The van der Waals surface area contributed by atoms with Gasteiger partial charge in [-0.3, -0.25) is 4.79 Å². The minimum atomic E-state index is -0.362. The third-order valence-corrected chi connectivity index (χ3v) is 5.46. The zero-order chi connectivity index (χ0) is 21.3. The third-order valence-electron chi connectivity index (χ3n) is 5.46. The predicted octanol–water partition coefficient (Wildman–Crippen LogP) is 4.16. The summed E-state index contributed by atoms with van der Waals surface area (Å²) >= 11 is 0. The highest BCUT2D eigenvalue weighted by Crippen LogP contribution is 2.40. The SMILES string of the molecule is COC(=O)c1ccc(N[C@@H]2C[C@H](C)N(C(C)=O)c3ccc(-c4c[nH]cn4)cc32)cc1. The number of rotatable bonds is 4. The van der Waals surface area contributed by atoms with Crippen molar-refractivity contribution in [2.75, 3.05) is 17.3 Å². The number of hydrogen-bond donors (Lipinski definition) is 2. The zero-order valence-corrected chi connectivity index (χ0v) is 17.2. The molecule has 2 N–H and O–H groups in total. The lowest BCUT2D eigenvalue weighted by Gasteiger charge is -2.39. The zero-order valence-electron chi connectivity index (χ0n) is 17.2. The number of nitrogens with zero attached hydrogens (tertiary/aromatic N) is 2. The molecule has 30 heavy (non-hydrogen) atoms. The summed E-state index contributed by atoms with van der Waals surface area (Å²) in [4.78, 5) is 33.2. The summed E-state index contributed by atoms with van der Waals surface area (Å²) in [5.41, 5.74) is 5.19. The average molecular weight is 404 g/mol. The smallest absolute Gasteiger partial charge is 0.337 e. The second kappa shape index (κ2) is 8.02. The number of hydrogen-bond acceptors (Lipinski definition) is 5. The van der Waals surface area contributed by atoms with Gasteiger partial charge in [0, 0.05) is 36.1 Å². The highest BCUT2D eigenvalue weighted by molar-refractivity contribution is 5.94. The minimum Gasteiger partial charge on any atom is -0.465 e. The van der Waals surface area contributed by atoms with Crippen molar-refractivity contribution in [2.24, 2.45) is 0 Å². The number of imidazole rings is 1. The molecular weight excluding hydrogens is 380 g/mol. The van der Waals surface area contributed by atoms with Crippen molar-refractivity contribution in [2.45, 2.75) is 32.4 Å². The van der Waals surface area contributed by atoms with Crippen LogP contribution >= 0.6 is 0 Å². The molecule has 0 saturated carbocycles. The first kappa shape index (κ1) is 19.7. The molecular formula is C23H24N4O3. The third kappa shape index (κ3) is 3.66. The molecule has 1 aromatic heterocycles. The van der Waals surface area contributed by atoms with Crippen LogP contribution in [-0.2, 0) is 9.53 Å². The summed E-state index contributed by atoms with van der Waals surface area (Å²) in [5.74, 6) is -0.337. The van der Waals surface area contributed by atoms with Crippen molar-refractivity contribution in [1.29, 1.82) is 0 Å². The molecule has 1 amide bonds. The summed E-state index contributed by atoms with van der Waals surface area (Å²) in [6.45, 7) is 3.65. The molecule has 7 heteroatoms. The number of amides is 1. The number of carbonyl (C=O) groups is 2. The van der Waals surface area contributed by atoms with Crippen molar-refractivity contribution in [3.05, 3.63) is 66.1 Å². The van der Waals surface area contributed by atoms with E-state index >= 15 is 0 Å². The molecule has 0 fully saturated rings. The maximum Gasteiger partial charge on any atom is 0.337 e. The quantitative estimate of drug-likeness (QED) is 0.638. The Labute approximate surface area is 175 Å². The molecule has 0 spiro atoms. The van der Waals surface area contributed by atoms with E-state index in [-0.39, 0.29) is 24.0 Å². The van der Waals surface area contributed by atoms with Gasteiger partial charge in [0.1, 0.15) is 0 Å². The van der Waals surface area contributed by atoms with Crippen LogP contribution in [0.25, 0.3) is 11.3 Å². The second-order valence-corrected chi connectivity index (χ2v) is 7.47. The number of aromatic amines is 1. The van der Waals surface area contributed by atoms with E-state index in [0.29, 0.717) is 5.56 Å². The van der Waals surface area contributed by atoms with E-state index in [1.165, 1.54) is 7.11 Å². The molecule has 2 heterocycles. The predicted molar refractivity (Wildman–Crippen MR) is 115 cm³/mol. The van der Waals surface area contributed by atoms with Crippen molar-refractivity contribution in [3.8, 4) is 11.3 Å². The van der Waals surface area contributed by atoms with Crippen molar-refractivity contribution < 1.29 is 14.3 Å². The van der Waals surface area contributed by atoms with Gasteiger partial charge >= 0.3 is 5.97 Å². The maximum atomic E-state index is 12.3. The van der Waals surface area contributed by atoms with Crippen LogP contribution in [0.4, 0.5) is 11.4 Å². The fourth-order valence-electron chi connectivity index (χ4n) is 4.08. The molecule has 7 nitrogen and oxygen atoms in total. The molecule has 2 atom stereocenters. The van der Waals surface area contributed by atoms with E-state index in [4.69, 9.17) is 4.74 Å². The molecule has 1 aliphatic heterocycles. The van der Waals surface area contributed by atoms with Gasteiger partial charge in [0.25, 0.3) is 0 Å². The first-order valence-corrected chi connectivity index (χ1v) is 9.85. The molecule has 0 unspecified atom stereocenters. The highest BCUT2D eigenvalue weighted by atomic mass is 16.5. The van der Waals surface area contributed by atoms with Gasteiger partial charge in [-0.1, -0.05) is 6.07 Å². The van der Waals surface area contributed by atoms with Gasteiger partial charge in [-0.05, 0) is 55.3 Å². The Morgan fingerprint density at radius 2 is 1.97 bits per heavy atom. The summed E-state index contributed by atoms with van der Waals surface area (Å²) in [6, 6.07) is 13.3. The molecule has 3 aromatic rings. The Kier molecular flexibility index (Phi) is 5.27. The first-order valence-electron chi connectivity index (χ1n) is 9.85. The van der Waals surface area contributed by atoms with Gasteiger partial charge in [0.2, 0.25) is 5.91 Å². The Bertz CT molecular complexity index is 1060. The van der Waals surface area contributed by atoms with Gasteiger partial charge in [0.15, 0.2) is 0 Å². The Hall–Kier alpha value is -3.61. The number of ether oxygens (including phenoxy) is 1. The van der Waals surface area contributed by atoms with E-state index < -0.39 is 0 Å². The number of benzene rings is 2. The van der Waals surface area contributed by atoms with E-state index in [1.54, 1.807) is 25.4 Å². The number of anilines is 2. The molecule has 0 bridgehead atoms. The van der Waals surface area contributed by atoms with Gasteiger partial charge in [-0.25, -0.2) is 9.78 Å². The lowest BCUT2D eigenvalue weighted by Crippen LogP contribution is -2.43. The average Bonchev–Trinajstić information content (AvgIpc) is 3.28. The van der Waals surface area contributed by atoms with Crippen LogP contribution in [0, 0.1) is 0 Å². The number of H-pyrrole nitrogens is 1. The standard InChI is InChI=1S/C23H24N4O3/c1-14-10-20(26-18-7-4-16(5-8-18)23(29)30-3)19-11-17(21-12-24-13-25-21)6-9-22(19)27(14)15(2)28/h4-9,11-14,20,26H,10H2,1-3H3,(H,24,25)/t14-,20+/m0/s1. The van der Waals surface area contributed by atoms with Crippen molar-refractivity contribution >= 4 is 23.3 Å². The van der Waals surface area contributed by atoms with E-state index in [9.17, 15) is 9.59 Å². The Morgan fingerprint density at radius 1 is 1.20 bits per heavy atom. The lowest BCUT2D eigenvalue weighted by atomic mass is 9.89. The summed E-state index contributed by atoms with van der Waals surface area (Å²) in [5, 5.41) is 3.57. The normalized spacial score (nSPS) is 17.9. The van der Waals surface area contributed by atoms with Crippen LogP contribution < -0.4 is 10.2 Å². The van der Waals surface area contributed by atoms with Crippen LogP contribution in [0.1, 0.15) is 42.2 Å². The highest BCUT2D eigenvalue weighted by Gasteiger charge is 2.32. The van der Waals surface area contributed by atoms with E-state index in [1.807, 2.05) is 35.4 Å². The second-order valence-electron chi connectivity index (χ2n) is 7.47.